The zero-order chi connectivity index (χ0) is 21.7. The summed E-state index contributed by atoms with van der Waals surface area (Å²) >= 11 is 5.79. The van der Waals surface area contributed by atoms with Gasteiger partial charge in [0, 0.05) is 16.8 Å². The first-order valence-electron chi connectivity index (χ1n) is 9.44. The van der Waals surface area contributed by atoms with Crippen LogP contribution in [0.4, 0.5) is 11.4 Å². The van der Waals surface area contributed by atoms with E-state index in [-0.39, 0.29) is 28.8 Å². The first kappa shape index (κ1) is 21.4. The number of carbonyl (C=O) groups excluding carboxylic acids is 1. The molecule has 1 N–H and O–H groups in total. The van der Waals surface area contributed by atoms with Gasteiger partial charge >= 0.3 is 5.69 Å². The summed E-state index contributed by atoms with van der Waals surface area (Å²) in [5, 5.41) is 14.1. The minimum atomic E-state index is -0.575. The number of hydrogen-bond donors (Lipinski definition) is 1. The Bertz CT molecular complexity index is 1050. The minimum absolute atomic E-state index is 0.0631. The van der Waals surface area contributed by atoms with Gasteiger partial charge in [0.25, 0.3) is 5.91 Å². The van der Waals surface area contributed by atoms with Crippen LogP contribution < -0.4 is 10.1 Å². The second kappa shape index (κ2) is 9.45. The molecule has 1 heterocycles. The molecule has 8 heteroatoms. The van der Waals surface area contributed by atoms with Gasteiger partial charge in [-0.1, -0.05) is 37.6 Å². The summed E-state index contributed by atoms with van der Waals surface area (Å²) in [5.41, 5.74) is 1.63. The molecule has 3 aromatic rings. The van der Waals surface area contributed by atoms with Crippen LogP contribution in [0, 0.1) is 10.1 Å². The molecule has 0 aliphatic carbocycles. The monoisotopic (exact) mass is 428 g/mol. The van der Waals surface area contributed by atoms with Gasteiger partial charge in [-0.05, 0) is 54.3 Å². The Kier molecular flexibility index (Phi) is 6.74. The van der Waals surface area contributed by atoms with Crippen molar-refractivity contribution < 1.29 is 18.9 Å². The third-order valence-corrected chi connectivity index (χ3v) is 4.96. The molecule has 2 aromatic carbocycles. The Hall–Kier alpha value is -3.32. The van der Waals surface area contributed by atoms with E-state index in [0.29, 0.717) is 17.4 Å². The van der Waals surface area contributed by atoms with Gasteiger partial charge in [-0.25, -0.2) is 0 Å². The second-order valence-electron chi connectivity index (χ2n) is 6.81. The fourth-order valence-electron chi connectivity index (χ4n) is 2.81. The van der Waals surface area contributed by atoms with Gasteiger partial charge in [0.05, 0.1) is 4.92 Å². The first-order valence-corrected chi connectivity index (χ1v) is 9.82. The number of anilines is 1. The van der Waals surface area contributed by atoms with Gasteiger partial charge in [-0.2, -0.15) is 0 Å². The van der Waals surface area contributed by atoms with Crippen molar-refractivity contribution in [2.75, 3.05) is 5.32 Å². The minimum Gasteiger partial charge on any atom is -0.479 e. The zero-order valence-corrected chi connectivity index (χ0v) is 17.3. The number of carbonyl (C=O) groups is 1. The summed E-state index contributed by atoms with van der Waals surface area (Å²) < 4.78 is 11.0. The molecule has 0 aliphatic rings. The van der Waals surface area contributed by atoms with E-state index in [0.717, 1.165) is 6.42 Å². The van der Waals surface area contributed by atoms with Gasteiger partial charge in [0.15, 0.2) is 11.5 Å². The van der Waals surface area contributed by atoms with Crippen molar-refractivity contribution in [2.45, 2.75) is 32.8 Å². The molecular weight excluding hydrogens is 408 g/mol. The molecule has 0 radical (unpaired) electrons. The highest BCUT2D eigenvalue weighted by molar-refractivity contribution is 6.30. The van der Waals surface area contributed by atoms with Gasteiger partial charge in [-0.3, -0.25) is 14.9 Å². The molecular formula is C22H21ClN2O5. The van der Waals surface area contributed by atoms with Crippen LogP contribution in [0.2, 0.25) is 5.02 Å². The second-order valence-corrected chi connectivity index (χ2v) is 7.25. The van der Waals surface area contributed by atoms with Gasteiger partial charge in [-0.15, -0.1) is 0 Å². The third-order valence-electron chi connectivity index (χ3n) is 4.72. The molecule has 0 unspecified atom stereocenters. The topological polar surface area (TPSA) is 94.6 Å². The number of ether oxygens (including phenoxy) is 1. The summed E-state index contributed by atoms with van der Waals surface area (Å²) in [6.45, 7) is 4.21. The SMILES string of the molecule is CC[C@H](C)c1ccc(NC(=O)c2ccc(COc3ccc(Cl)cc3[N+](=O)[O-])o2)cc1. The van der Waals surface area contributed by atoms with E-state index in [2.05, 4.69) is 19.2 Å². The van der Waals surface area contributed by atoms with Crippen LogP contribution in [-0.4, -0.2) is 10.8 Å². The summed E-state index contributed by atoms with van der Waals surface area (Å²) in [6.07, 6.45) is 1.04. The molecule has 0 saturated carbocycles. The number of benzene rings is 2. The Morgan fingerprint density at radius 3 is 2.60 bits per heavy atom. The van der Waals surface area contributed by atoms with Gasteiger partial charge < -0.3 is 14.5 Å². The average molecular weight is 429 g/mol. The predicted molar refractivity (Wildman–Crippen MR) is 114 cm³/mol. The lowest BCUT2D eigenvalue weighted by Gasteiger charge is -2.10. The molecule has 3 rings (SSSR count). The number of hydrogen-bond acceptors (Lipinski definition) is 5. The maximum atomic E-state index is 12.4. The smallest absolute Gasteiger partial charge is 0.312 e. The fourth-order valence-corrected chi connectivity index (χ4v) is 2.97. The molecule has 1 aromatic heterocycles. The lowest BCUT2D eigenvalue weighted by Crippen LogP contribution is -2.11. The van der Waals surface area contributed by atoms with E-state index in [1.54, 1.807) is 6.07 Å². The average Bonchev–Trinajstić information content (AvgIpc) is 3.22. The van der Waals surface area contributed by atoms with Crippen LogP contribution >= 0.6 is 11.6 Å². The number of amides is 1. The quantitative estimate of drug-likeness (QED) is 0.341. The molecule has 156 valence electrons. The highest BCUT2D eigenvalue weighted by Gasteiger charge is 2.17. The van der Waals surface area contributed by atoms with E-state index in [1.165, 1.54) is 29.8 Å². The fraction of sp³-hybridized carbons (Fsp3) is 0.227. The van der Waals surface area contributed by atoms with Gasteiger partial charge in [0.2, 0.25) is 0 Å². The molecule has 7 nitrogen and oxygen atoms in total. The molecule has 1 atom stereocenters. The van der Waals surface area contributed by atoms with Crippen molar-refractivity contribution in [2.24, 2.45) is 0 Å². The lowest BCUT2D eigenvalue weighted by molar-refractivity contribution is -0.385. The molecule has 0 bridgehead atoms. The molecule has 0 aliphatic heterocycles. The Morgan fingerprint density at radius 1 is 1.20 bits per heavy atom. The number of nitrogens with one attached hydrogen (secondary N) is 1. The number of nitro groups is 1. The van der Waals surface area contributed by atoms with Crippen molar-refractivity contribution >= 4 is 28.9 Å². The summed E-state index contributed by atoms with van der Waals surface area (Å²) in [5.74, 6) is 0.601. The third kappa shape index (κ3) is 5.18. The van der Waals surface area contributed by atoms with Crippen molar-refractivity contribution in [3.63, 3.8) is 0 Å². The van der Waals surface area contributed by atoms with E-state index in [9.17, 15) is 14.9 Å². The molecule has 30 heavy (non-hydrogen) atoms. The molecule has 1 amide bonds. The normalized spacial score (nSPS) is 11.7. The number of nitro benzene ring substituents is 1. The first-order chi connectivity index (χ1) is 14.4. The van der Waals surface area contributed by atoms with Crippen molar-refractivity contribution in [3.8, 4) is 5.75 Å². The Labute approximate surface area is 178 Å². The van der Waals surface area contributed by atoms with Crippen LogP contribution in [0.5, 0.6) is 5.75 Å². The van der Waals surface area contributed by atoms with E-state index in [1.807, 2.05) is 24.3 Å². The Balaban J connectivity index is 1.62. The zero-order valence-electron chi connectivity index (χ0n) is 16.6. The van der Waals surface area contributed by atoms with Gasteiger partial charge in [0.1, 0.15) is 12.4 Å². The molecule has 0 saturated heterocycles. The van der Waals surface area contributed by atoms with Crippen LogP contribution in [0.25, 0.3) is 0 Å². The van der Waals surface area contributed by atoms with E-state index >= 15 is 0 Å². The number of halogens is 1. The maximum Gasteiger partial charge on any atom is 0.312 e. The predicted octanol–water partition coefficient (Wildman–Crippen LogP) is 6.19. The lowest BCUT2D eigenvalue weighted by atomic mass is 9.99. The van der Waals surface area contributed by atoms with E-state index in [4.69, 9.17) is 20.8 Å². The number of furan rings is 1. The van der Waals surface area contributed by atoms with Crippen LogP contribution in [-0.2, 0) is 6.61 Å². The summed E-state index contributed by atoms with van der Waals surface area (Å²) in [7, 11) is 0. The standard InChI is InChI=1S/C22H21ClN2O5/c1-3-14(2)15-4-7-17(8-5-15)24-22(26)21-11-9-18(30-21)13-29-20-10-6-16(23)12-19(20)25(27)28/h4-12,14H,3,13H2,1-2H3,(H,24,26)/t14-/m0/s1. The van der Waals surface area contributed by atoms with Crippen LogP contribution in [0.3, 0.4) is 0 Å². The highest BCUT2D eigenvalue weighted by atomic mass is 35.5. The summed E-state index contributed by atoms with van der Waals surface area (Å²) in [6, 6.07) is 14.9. The van der Waals surface area contributed by atoms with Crippen LogP contribution in [0.1, 0.15) is 48.1 Å². The number of nitrogens with zero attached hydrogens (tertiary/aromatic N) is 1. The largest absolute Gasteiger partial charge is 0.479 e. The Morgan fingerprint density at radius 2 is 1.93 bits per heavy atom. The molecule has 0 spiro atoms. The van der Waals surface area contributed by atoms with E-state index < -0.39 is 10.8 Å². The highest BCUT2D eigenvalue weighted by Crippen LogP contribution is 2.30. The molecule has 0 fully saturated rings. The van der Waals surface area contributed by atoms with Crippen LogP contribution in [0.15, 0.2) is 59.0 Å². The maximum absolute atomic E-state index is 12.4. The summed E-state index contributed by atoms with van der Waals surface area (Å²) in [4.78, 5) is 23.0. The van der Waals surface area contributed by atoms with Crippen molar-refractivity contribution in [1.82, 2.24) is 0 Å². The number of rotatable bonds is 8. The van der Waals surface area contributed by atoms with Crippen molar-refractivity contribution in [1.29, 1.82) is 0 Å². The van der Waals surface area contributed by atoms with Crippen molar-refractivity contribution in [3.05, 3.63) is 86.8 Å².